The van der Waals surface area contributed by atoms with Gasteiger partial charge in [0.25, 0.3) is 6.29 Å². The lowest BCUT2D eigenvalue weighted by atomic mass is 9.84. The van der Waals surface area contributed by atoms with E-state index in [-0.39, 0.29) is 17.9 Å². The van der Waals surface area contributed by atoms with Crippen LogP contribution in [0.5, 0.6) is 0 Å². The number of carbonyl (C=O) groups is 3. The minimum absolute atomic E-state index is 0.158. The van der Waals surface area contributed by atoms with E-state index in [2.05, 4.69) is 0 Å². The lowest BCUT2D eigenvalue weighted by Crippen LogP contribution is -2.33. The van der Waals surface area contributed by atoms with Gasteiger partial charge in [-0.2, -0.15) is 0 Å². The number of carbonyl (C=O) groups excluding carboxylic acids is 3. The molecule has 0 radical (unpaired) electrons. The van der Waals surface area contributed by atoms with Gasteiger partial charge in [0.1, 0.15) is 6.10 Å². The van der Waals surface area contributed by atoms with Crippen LogP contribution in [0.3, 0.4) is 0 Å². The maximum absolute atomic E-state index is 12.5. The number of cyclic esters (lactones) is 1. The van der Waals surface area contributed by atoms with E-state index in [1.165, 1.54) is 6.26 Å². The molecule has 0 bridgehead atoms. The van der Waals surface area contributed by atoms with E-state index in [4.69, 9.17) is 19.9 Å². The highest BCUT2D eigenvalue weighted by Crippen LogP contribution is 2.48. The number of primary amides is 1. The summed E-state index contributed by atoms with van der Waals surface area (Å²) in [6.45, 7) is 7.07. The quantitative estimate of drug-likeness (QED) is 0.454. The first-order valence-corrected chi connectivity index (χ1v) is 9.95. The Hall–Kier alpha value is -3.09. The summed E-state index contributed by atoms with van der Waals surface area (Å²) in [6.07, 6.45) is 1.33. The Kier molecular flexibility index (Phi) is 4.71. The predicted molar refractivity (Wildman–Crippen MR) is 107 cm³/mol. The molecule has 1 aromatic rings. The molecule has 2 N–H and O–H groups in total. The summed E-state index contributed by atoms with van der Waals surface area (Å²) in [6, 6.07) is 6.00. The van der Waals surface area contributed by atoms with E-state index < -0.39 is 23.6 Å². The first-order chi connectivity index (χ1) is 14.1. The van der Waals surface area contributed by atoms with Crippen molar-refractivity contribution in [3.63, 3.8) is 0 Å². The van der Waals surface area contributed by atoms with Gasteiger partial charge in [-0.05, 0) is 43.4 Å². The number of amides is 1. The second-order valence-electron chi connectivity index (χ2n) is 8.85. The Balaban J connectivity index is 1.54. The summed E-state index contributed by atoms with van der Waals surface area (Å²) in [5.74, 6) is -1.36. The second-order valence-corrected chi connectivity index (χ2v) is 8.85. The van der Waals surface area contributed by atoms with Gasteiger partial charge in [-0.15, -0.1) is 0 Å². The maximum atomic E-state index is 12.5. The summed E-state index contributed by atoms with van der Waals surface area (Å²) in [5, 5.41) is 0. The number of ether oxygens (including phenoxy) is 3. The van der Waals surface area contributed by atoms with Crippen molar-refractivity contribution < 1.29 is 28.6 Å². The molecule has 0 unspecified atom stereocenters. The summed E-state index contributed by atoms with van der Waals surface area (Å²) in [4.78, 5) is 35.8. The SMILES string of the molecule is CC1=C(C)[C@@H](O/C=C2/C(=O)O[C@H]3c4cc(CC(C)(C)C(N)=O)ccc4C[C@@H]23)OC1=O. The molecule has 1 aromatic carbocycles. The van der Waals surface area contributed by atoms with Crippen LogP contribution in [-0.4, -0.2) is 24.1 Å². The number of esters is 2. The third kappa shape index (κ3) is 3.28. The molecule has 0 saturated carbocycles. The van der Waals surface area contributed by atoms with Crippen molar-refractivity contribution in [2.75, 3.05) is 0 Å². The van der Waals surface area contributed by atoms with E-state index in [9.17, 15) is 14.4 Å². The Labute approximate surface area is 174 Å². The first-order valence-electron chi connectivity index (χ1n) is 9.95. The summed E-state index contributed by atoms with van der Waals surface area (Å²) in [7, 11) is 0. The van der Waals surface area contributed by atoms with Gasteiger partial charge in [-0.25, -0.2) is 9.59 Å². The highest BCUT2D eigenvalue weighted by atomic mass is 16.7. The van der Waals surface area contributed by atoms with Crippen LogP contribution in [0.25, 0.3) is 0 Å². The van der Waals surface area contributed by atoms with Crippen molar-refractivity contribution in [1.82, 2.24) is 0 Å². The predicted octanol–water partition coefficient (Wildman–Crippen LogP) is 2.63. The van der Waals surface area contributed by atoms with Gasteiger partial charge in [0.2, 0.25) is 5.91 Å². The first kappa shape index (κ1) is 20.2. The lowest BCUT2D eigenvalue weighted by molar-refractivity contribution is -0.153. The maximum Gasteiger partial charge on any atom is 0.338 e. The van der Waals surface area contributed by atoms with Crippen LogP contribution >= 0.6 is 0 Å². The van der Waals surface area contributed by atoms with Gasteiger partial charge in [0.05, 0.1) is 11.8 Å². The van der Waals surface area contributed by atoms with Crippen molar-refractivity contribution in [3.05, 3.63) is 57.9 Å². The fourth-order valence-electron chi connectivity index (χ4n) is 4.13. The Morgan fingerprint density at radius 2 is 1.97 bits per heavy atom. The monoisotopic (exact) mass is 411 g/mol. The zero-order valence-corrected chi connectivity index (χ0v) is 17.5. The molecule has 2 aliphatic heterocycles. The minimum Gasteiger partial charge on any atom is -0.458 e. The van der Waals surface area contributed by atoms with Crippen LogP contribution in [-0.2, 0) is 41.4 Å². The third-order valence-electron chi connectivity index (χ3n) is 6.29. The van der Waals surface area contributed by atoms with Crippen molar-refractivity contribution >= 4 is 17.8 Å². The van der Waals surface area contributed by atoms with Gasteiger partial charge in [-0.1, -0.05) is 32.0 Å². The number of fused-ring (bicyclic) bond motifs is 3. The largest absolute Gasteiger partial charge is 0.458 e. The average molecular weight is 411 g/mol. The number of nitrogens with two attached hydrogens (primary N) is 1. The summed E-state index contributed by atoms with van der Waals surface area (Å²) >= 11 is 0. The van der Waals surface area contributed by atoms with Crippen LogP contribution in [0, 0.1) is 11.3 Å². The molecule has 1 fully saturated rings. The number of benzene rings is 1. The molecule has 3 atom stereocenters. The van der Waals surface area contributed by atoms with Gasteiger partial charge >= 0.3 is 11.9 Å². The second kappa shape index (κ2) is 7.00. The molecule has 0 spiro atoms. The third-order valence-corrected chi connectivity index (χ3v) is 6.29. The molecule has 1 amide bonds. The van der Waals surface area contributed by atoms with Crippen molar-refractivity contribution in [2.45, 2.75) is 52.9 Å². The molecule has 2 heterocycles. The molecule has 7 nitrogen and oxygen atoms in total. The fourth-order valence-corrected chi connectivity index (χ4v) is 4.13. The van der Waals surface area contributed by atoms with E-state index in [0.717, 1.165) is 16.7 Å². The molecule has 1 aliphatic carbocycles. The topological polar surface area (TPSA) is 105 Å². The van der Waals surface area contributed by atoms with Crippen molar-refractivity contribution in [2.24, 2.45) is 17.1 Å². The normalized spacial score (nSPS) is 26.5. The van der Waals surface area contributed by atoms with Crippen molar-refractivity contribution in [3.8, 4) is 0 Å². The number of hydrogen-bond acceptors (Lipinski definition) is 6. The molecular formula is C23H25NO6. The number of hydrogen-bond donors (Lipinski definition) is 1. The molecule has 0 aromatic heterocycles. The zero-order valence-electron chi connectivity index (χ0n) is 17.5. The van der Waals surface area contributed by atoms with Crippen LogP contribution in [0.15, 0.2) is 41.2 Å². The molecule has 4 rings (SSSR count). The lowest BCUT2D eigenvalue weighted by Gasteiger charge is -2.21. The highest BCUT2D eigenvalue weighted by Gasteiger charge is 2.47. The molecule has 30 heavy (non-hydrogen) atoms. The van der Waals surface area contributed by atoms with Gasteiger partial charge in [0, 0.05) is 22.5 Å². The summed E-state index contributed by atoms with van der Waals surface area (Å²) < 4.78 is 16.4. The average Bonchev–Trinajstić information content (AvgIpc) is 3.25. The van der Waals surface area contributed by atoms with Gasteiger partial charge in [0.15, 0.2) is 0 Å². The smallest absolute Gasteiger partial charge is 0.338 e. The Bertz CT molecular complexity index is 1020. The molecule has 1 saturated heterocycles. The zero-order chi connectivity index (χ0) is 21.8. The number of rotatable bonds is 5. The molecular weight excluding hydrogens is 386 g/mol. The van der Waals surface area contributed by atoms with E-state index in [1.807, 2.05) is 32.0 Å². The van der Waals surface area contributed by atoms with E-state index in [1.54, 1.807) is 13.8 Å². The van der Waals surface area contributed by atoms with E-state index in [0.29, 0.717) is 29.6 Å². The van der Waals surface area contributed by atoms with Crippen molar-refractivity contribution in [1.29, 1.82) is 0 Å². The fraction of sp³-hybridized carbons (Fsp3) is 0.435. The molecule has 3 aliphatic rings. The van der Waals surface area contributed by atoms with Gasteiger partial charge < -0.3 is 19.9 Å². The standard InChI is InChI=1S/C23H25NO6/c1-11-12(2)21(30-19(11)25)28-10-17-16-8-14-6-5-13(9-23(3,4)22(24)27)7-15(14)18(16)29-20(17)26/h5-7,10,16,18,21H,8-9H2,1-4H3,(H2,24,27)/b17-10+/t16-,18-,21-/m0/s1. The van der Waals surface area contributed by atoms with Crippen LogP contribution in [0.4, 0.5) is 0 Å². The van der Waals surface area contributed by atoms with Crippen LogP contribution in [0.1, 0.15) is 50.5 Å². The highest BCUT2D eigenvalue weighted by molar-refractivity contribution is 5.92. The molecule has 7 heteroatoms. The Morgan fingerprint density at radius 3 is 2.60 bits per heavy atom. The van der Waals surface area contributed by atoms with Crippen LogP contribution < -0.4 is 5.73 Å². The van der Waals surface area contributed by atoms with Crippen LogP contribution in [0.2, 0.25) is 0 Å². The summed E-state index contributed by atoms with van der Waals surface area (Å²) in [5.41, 5.74) is 9.50. The van der Waals surface area contributed by atoms with E-state index >= 15 is 0 Å². The van der Waals surface area contributed by atoms with Gasteiger partial charge in [-0.3, -0.25) is 4.79 Å². The minimum atomic E-state index is -0.816. The molecule has 158 valence electrons. The Morgan fingerprint density at radius 1 is 1.23 bits per heavy atom.